The summed E-state index contributed by atoms with van der Waals surface area (Å²) in [5.74, 6) is -1.86. The molecule has 2 bridgehead atoms. The van der Waals surface area contributed by atoms with Crippen LogP contribution in [0.15, 0.2) is 48.5 Å². The van der Waals surface area contributed by atoms with Crippen LogP contribution in [0.3, 0.4) is 0 Å². The van der Waals surface area contributed by atoms with E-state index >= 15 is 0 Å². The Morgan fingerprint density at radius 1 is 0.966 bits per heavy atom. The molecule has 0 radical (unpaired) electrons. The Balaban J connectivity index is 1.89. The Labute approximate surface area is 169 Å². The van der Waals surface area contributed by atoms with E-state index in [1.165, 1.54) is 4.90 Å². The molecule has 2 atom stereocenters. The fourth-order valence-corrected chi connectivity index (χ4v) is 6.08. The van der Waals surface area contributed by atoms with E-state index in [1.807, 2.05) is 48.5 Å². The average Bonchev–Trinajstić information content (AvgIpc) is 3.01. The molecule has 6 rings (SSSR count). The Kier molecular flexibility index (Phi) is 4.13. The van der Waals surface area contributed by atoms with Gasteiger partial charge in [-0.3, -0.25) is 14.5 Å². The van der Waals surface area contributed by atoms with Crippen LogP contribution in [0.2, 0.25) is 0 Å². The molecule has 1 fully saturated rings. The third kappa shape index (κ3) is 2.06. The monoisotopic (exact) mass is 393 g/mol. The van der Waals surface area contributed by atoms with Crippen molar-refractivity contribution in [1.29, 1.82) is 0 Å². The van der Waals surface area contributed by atoms with E-state index in [0.29, 0.717) is 0 Å². The van der Waals surface area contributed by atoms with Gasteiger partial charge in [-0.25, -0.2) is 0 Å². The van der Waals surface area contributed by atoms with Gasteiger partial charge in [-0.1, -0.05) is 48.5 Å². The number of aliphatic hydroxyl groups excluding tert-OH is 1. The van der Waals surface area contributed by atoms with Crippen molar-refractivity contribution in [3.63, 3.8) is 0 Å². The molecule has 1 N–H and O–H groups in total. The van der Waals surface area contributed by atoms with E-state index in [9.17, 15) is 14.7 Å². The molecule has 2 aromatic carbocycles. The van der Waals surface area contributed by atoms with Crippen molar-refractivity contribution in [2.45, 2.75) is 17.6 Å². The number of amides is 2. The zero-order chi connectivity index (χ0) is 20.3. The van der Waals surface area contributed by atoms with E-state index in [0.717, 1.165) is 22.3 Å². The van der Waals surface area contributed by atoms with Gasteiger partial charge in [0.15, 0.2) is 6.29 Å². The summed E-state index contributed by atoms with van der Waals surface area (Å²) in [6.45, 7) is -0.253. The molecule has 4 aliphatic rings. The first-order valence-corrected chi connectivity index (χ1v) is 9.83. The zero-order valence-corrected chi connectivity index (χ0v) is 16.4. The van der Waals surface area contributed by atoms with Crippen LogP contribution in [0.1, 0.15) is 28.2 Å². The molecule has 6 nitrogen and oxygen atoms in total. The van der Waals surface area contributed by atoms with Crippen LogP contribution in [0.5, 0.6) is 0 Å². The summed E-state index contributed by atoms with van der Waals surface area (Å²) in [7, 11) is 3.13. The molecule has 1 heterocycles. The fraction of sp³-hybridized carbons (Fsp3) is 0.391. The molecule has 29 heavy (non-hydrogen) atoms. The number of nitrogens with zero attached hydrogens (tertiary/aromatic N) is 1. The van der Waals surface area contributed by atoms with Crippen LogP contribution in [-0.4, -0.2) is 55.5 Å². The van der Waals surface area contributed by atoms with Gasteiger partial charge in [0.1, 0.15) is 0 Å². The number of ether oxygens (including phenoxy) is 2. The molecule has 150 valence electrons. The lowest BCUT2D eigenvalue weighted by Crippen LogP contribution is -2.60. The first kappa shape index (κ1) is 18.5. The molecule has 0 unspecified atom stereocenters. The predicted molar refractivity (Wildman–Crippen MR) is 104 cm³/mol. The second-order valence-electron chi connectivity index (χ2n) is 7.88. The number of likely N-dealkylation sites (tertiary alicyclic amines) is 1. The van der Waals surface area contributed by atoms with Crippen LogP contribution in [0, 0.1) is 11.8 Å². The number of aliphatic hydroxyl groups is 1. The van der Waals surface area contributed by atoms with Crippen molar-refractivity contribution in [1.82, 2.24) is 4.90 Å². The Hall–Kier alpha value is -2.54. The summed E-state index contributed by atoms with van der Waals surface area (Å²) in [6, 6.07) is 15.9. The Morgan fingerprint density at radius 3 is 2.03 bits per heavy atom. The number of β-amino-alcohol motifs (C(OH)–C–C–N with tert-alkyl or cyclic N) is 1. The number of hydrogen-bond donors (Lipinski definition) is 1. The third-order valence-electron chi connectivity index (χ3n) is 6.90. The van der Waals surface area contributed by atoms with Gasteiger partial charge < -0.3 is 14.6 Å². The van der Waals surface area contributed by atoms with Crippen LogP contribution < -0.4 is 0 Å². The maximum Gasteiger partial charge on any atom is 0.234 e. The minimum Gasteiger partial charge on any atom is -0.395 e. The molecule has 1 saturated heterocycles. The van der Waals surface area contributed by atoms with Crippen molar-refractivity contribution in [2.24, 2.45) is 11.8 Å². The van der Waals surface area contributed by atoms with Crippen molar-refractivity contribution < 1.29 is 24.2 Å². The first-order valence-electron chi connectivity index (χ1n) is 9.83. The SMILES string of the molecule is COC(OC)C12c3ccccc3C(c3ccccc31)[C@@H]1C(=O)N(CCO)C(=O)[C@H]12. The van der Waals surface area contributed by atoms with Crippen LogP contribution in [0.25, 0.3) is 0 Å². The van der Waals surface area contributed by atoms with Crippen molar-refractivity contribution in [3.05, 3.63) is 70.8 Å². The number of methoxy groups -OCH3 is 2. The molecule has 0 aromatic heterocycles. The second-order valence-corrected chi connectivity index (χ2v) is 7.88. The second kappa shape index (κ2) is 6.49. The number of hydrogen-bond acceptors (Lipinski definition) is 5. The number of imide groups is 1. The molecule has 6 heteroatoms. The van der Waals surface area contributed by atoms with Gasteiger partial charge in [-0.15, -0.1) is 0 Å². The zero-order valence-electron chi connectivity index (χ0n) is 16.4. The van der Waals surface area contributed by atoms with Gasteiger partial charge in [-0.05, 0) is 22.3 Å². The highest BCUT2D eigenvalue weighted by molar-refractivity contribution is 6.08. The van der Waals surface area contributed by atoms with Crippen LogP contribution in [0.4, 0.5) is 0 Å². The number of benzene rings is 2. The lowest BCUT2D eigenvalue weighted by molar-refractivity contribution is -0.169. The fourth-order valence-electron chi connectivity index (χ4n) is 6.08. The summed E-state index contributed by atoms with van der Waals surface area (Å²) in [4.78, 5) is 28.2. The highest BCUT2D eigenvalue weighted by Crippen LogP contribution is 2.65. The summed E-state index contributed by atoms with van der Waals surface area (Å²) in [5, 5.41) is 9.46. The van der Waals surface area contributed by atoms with Crippen molar-refractivity contribution >= 4 is 11.8 Å². The summed E-state index contributed by atoms with van der Waals surface area (Å²) in [6.07, 6.45) is -0.746. The minimum absolute atomic E-state index is 0.00475. The molecule has 3 aliphatic carbocycles. The van der Waals surface area contributed by atoms with Crippen LogP contribution in [-0.2, 0) is 24.5 Å². The van der Waals surface area contributed by atoms with Gasteiger partial charge in [0.2, 0.25) is 11.8 Å². The number of carbonyl (C=O) groups excluding carboxylic acids is 2. The molecule has 0 spiro atoms. The molecular formula is C23H23NO5. The minimum atomic E-state index is -0.937. The van der Waals surface area contributed by atoms with E-state index in [2.05, 4.69) is 0 Å². The van der Waals surface area contributed by atoms with Gasteiger partial charge in [0, 0.05) is 20.1 Å². The molecule has 2 aromatic rings. The van der Waals surface area contributed by atoms with Gasteiger partial charge in [0.05, 0.1) is 30.4 Å². The van der Waals surface area contributed by atoms with Crippen molar-refractivity contribution in [2.75, 3.05) is 27.4 Å². The molecule has 2 amide bonds. The topological polar surface area (TPSA) is 76.1 Å². The third-order valence-corrected chi connectivity index (χ3v) is 6.90. The lowest BCUT2D eigenvalue weighted by Gasteiger charge is -2.56. The van der Waals surface area contributed by atoms with E-state index < -0.39 is 23.5 Å². The van der Waals surface area contributed by atoms with Crippen LogP contribution >= 0.6 is 0 Å². The lowest BCUT2D eigenvalue weighted by atomic mass is 9.47. The average molecular weight is 393 g/mol. The number of carbonyl (C=O) groups is 2. The standard InChI is InChI=1S/C23H23NO5/c1-28-22(29-2)23-15-9-5-3-7-13(15)17(14-8-4-6-10-16(14)23)18-19(23)21(27)24(11-12-25)20(18)26/h3-10,17-19,22,25H,11-12H2,1-2H3/t17?,18-,19-,23?/m0/s1. The quantitative estimate of drug-likeness (QED) is 0.618. The predicted octanol–water partition coefficient (Wildman–Crippen LogP) is 1.64. The summed E-state index contributed by atoms with van der Waals surface area (Å²) < 4.78 is 11.6. The van der Waals surface area contributed by atoms with E-state index in [-0.39, 0.29) is 30.9 Å². The Morgan fingerprint density at radius 2 is 1.52 bits per heavy atom. The van der Waals surface area contributed by atoms with Gasteiger partial charge >= 0.3 is 0 Å². The summed E-state index contributed by atoms with van der Waals surface area (Å²) in [5.41, 5.74) is 3.10. The number of rotatable bonds is 5. The largest absolute Gasteiger partial charge is 0.395 e. The van der Waals surface area contributed by atoms with Gasteiger partial charge in [0.25, 0.3) is 0 Å². The Bertz CT molecular complexity index is 951. The first-order chi connectivity index (χ1) is 14.1. The van der Waals surface area contributed by atoms with Crippen molar-refractivity contribution in [3.8, 4) is 0 Å². The molecule has 0 saturated carbocycles. The summed E-state index contributed by atoms with van der Waals surface area (Å²) >= 11 is 0. The molecular weight excluding hydrogens is 370 g/mol. The van der Waals surface area contributed by atoms with E-state index in [1.54, 1.807) is 14.2 Å². The van der Waals surface area contributed by atoms with Gasteiger partial charge in [-0.2, -0.15) is 0 Å². The normalized spacial score (nSPS) is 29.2. The maximum absolute atomic E-state index is 13.6. The highest BCUT2D eigenvalue weighted by atomic mass is 16.7. The highest BCUT2D eigenvalue weighted by Gasteiger charge is 2.70. The smallest absolute Gasteiger partial charge is 0.234 e. The van der Waals surface area contributed by atoms with E-state index in [4.69, 9.17) is 9.47 Å². The molecule has 1 aliphatic heterocycles. The maximum atomic E-state index is 13.6.